The minimum Gasteiger partial charge on any atom is -0.491 e. The van der Waals surface area contributed by atoms with Crippen LogP contribution in [0.1, 0.15) is 12.8 Å². The third-order valence-electron chi connectivity index (χ3n) is 4.04. The predicted octanol–water partition coefficient (Wildman–Crippen LogP) is 1.03. The summed E-state index contributed by atoms with van der Waals surface area (Å²) >= 11 is 0. The lowest BCUT2D eigenvalue weighted by molar-refractivity contribution is 0.0471. The fourth-order valence-corrected chi connectivity index (χ4v) is 2.79. The summed E-state index contributed by atoms with van der Waals surface area (Å²) in [7, 11) is 4.23. The van der Waals surface area contributed by atoms with Crippen LogP contribution in [0.4, 0.5) is 5.69 Å². The minimum absolute atomic E-state index is 0.302. The van der Waals surface area contributed by atoms with Crippen molar-refractivity contribution in [3.63, 3.8) is 0 Å². The zero-order valence-electron chi connectivity index (χ0n) is 13.0. The Morgan fingerprint density at radius 2 is 2.14 bits per heavy atom. The topological polar surface area (TPSA) is 62.0 Å². The van der Waals surface area contributed by atoms with Crippen molar-refractivity contribution in [3.8, 4) is 5.75 Å². The number of piperidine rings is 1. The molecule has 21 heavy (non-hydrogen) atoms. The predicted molar refractivity (Wildman–Crippen MR) is 85.5 cm³/mol. The third-order valence-corrected chi connectivity index (χ3v) is 4.04. The van der Waals surface area contributed by atoms with E-state index >= 15 is 0 Å². The molecule has 1 aromatic carbocycles. The number of likely N-dealkylation sites (tertiary alicyclic amines) is 1. The molecule has 2 unspecified atom stereocenters. The Morgan fingerprint density at radius 1 is 1.43 bits per heavy atom. The summed E-state index contributed by atoms with van der Waals surface area (Å²) in [5.41, 5.74) is 6.34. The van der Waals surface area contributed by atoms with Gasteiger partial charge in [-0.1, -0.05) is 0 Å². The van der Waals surface area contributed by atoms with Gasteiger partial charge in [0.2, 0.25) is 0 Å². The lowest BCUT2D eigenvalue weighted by Gasteiger charge is -2.36. The number of ether oxygens (including phenoxy) is 1. The molecule has 2 rings (SSSR count). The fraction of sp³-hybridized carbons (Fsp3) is 0.625. The summed E-state index contributed by atoms with van der Waals surface area (Å²) in [6.07, 6.45) is 1.94. The number of hydrogen-bond acceptors (Lipinski definition) is 5. The second-order valence-electron chi connectivity index (χ2n) is 6.03. The molecule has 0 spiro atoms. The molecule has 0 bridgehead atoms. The van der Waals surface area contributed by atoms with E-state index in [4.69, 9.17) is 10.5 Å². The van der Waals surface area contributed by atoms with Crippen molar-refractivity contribution in [2.45, 2.75) is 25.0 Å². The molecule has 5 nitrogen and oxygen atoms in total. The summed E-state index contributed by atoms with van der Waals surface area (Å²) in [6.45, 7) is 3.18. The van der Waals surface area contributed by atoms with Gasteiger partial charge in [-0.3, -0.25) is 4.90 Å². The first-order valence-corrected chi connectivity index (χ1v) is 7.60. The van der Waals surface area contributed by atoms with Crippen LogP contribution >= 0.6 is 0 Å². The summed E-state index contributed by atoms with van der Waals surface area (Å²) in [4.78, 5) is 4.59. The van der Waals surface area contributed by atoms with Crippen molar-refractivity contribution in [1.29, 1.82) is 0 Å². The molecule has 0 aliphatic carbocycles. The van der Waals surface area contributed by atoms with Gasteiger partial charge >= 0.3 is 0 Å². The Bertz CT molecular complexity index is 424. The van der Waals surface area contributed by atoms with E-state index in [1.807, 2.05) is 12.1 Å². The van der Waals surface area contributed by atoms with Gasteiger partial charge in [0.1, 0.15) is 18.5 Å². The number of likely N-dealkylation sites (N-methyl/N-ethyl adjacent to an activating group) is 2. The molecule has 0 radical (unpaired) electrons. The van der Waals surface area contributed by atoms with E-state index in [1.165, 1.54) is 19.4 Å². The number of aliphatic hydroxyl groups is 1. The van der Waals surface area contributed by atoms with Crippen LogP contribution in [0.3, 0.4) is 0 Å². The second kappa shape index (κ2) is 7.64. The number of aliphatic hydroxyl groups excluding tert-OH is 1. The highest BCUT2D eigenvalue weighted by Gasteiger charge is 2.22. The molecule has 0 amide bonds. The summed E-state index contributed by atoms with van der Waals surface area (Å²) in [6, 6.07) is 7.76. The molecule has 1 aliphatic heterocycles. The number of rotatable bonds is 6. The first-order valence-electron chi connectivity index (χ1n) is 7.60. The maximum Gasteiger partial charge on any atom is 0.119 e. The van der Waals surface area contributed by atoms with Gasteiger partial charge in [-0.25, -0.2) is 0 Å². The monoisotopic (exact) mass is 293 g/mol. The number of nitrogen functional groups attached to an aromatic ring is 1. The largest absolute Gasteiger partial charge is 0.491 e. The Kier molecular flexibility index (Phi) is 5.85. The molecule has 1 saturated heterocycles. The fourth-order valence-electron chi connectivity index (χ4n) is 2.79. The Balaban J connectivity index is 1.73. The average Bonchev–Trinajstić information content (AvgIpc) is 2.46. The van der Waals surface area contributed by atoms with Crippen molar-refractivity contribution in [2.24, 2.45) is 0 Å². The van der Waals surface area contributed by atoms with E-state index in [2.05, 4.69) is 23.9 Å². The first kappa shape index (κ1) is 16.1. The van der Waals surface area contributed by atoms with E-state index in [9.17, 15) is 5.11 Å². The van der Waals surface area contributed by atoms with Gasteiger partial charge in [0.05, 0.1) is 0 Å². The highest BCUT2D eigenvalue weighted by molar-refractivity contribution is 5.41. The molecule has 1 aliphatic rings. The number of nitrogens with two attached hydrogens (primary N) is 1. The first-order chi connectivity index (χ1) is 10.0. The molecule has 3 N–H and O–H groups in total. The van der Waals surface area contributed by atoms with Crippen molar-refractivity contribution >= 4 is 5.69 Å². The SMILES string of the molecule is CN1CCCC(N(C)CC(O)COc2ccc(N)cc2)C1. The van der Waals surface area contributed by atoms with Crippen molar-refractivity contribution in [3.05, 3.63) is 24.3 Å². The van der Waals surface area contributed by atoms with Gasteiger partial charge in [0.25, 0.3) is 0 Å². The lowest BCUT2D eigenvalue weighted by Crippen LogP contribution is -2.47. The summed E-state index contributed by atoms with van der Waals surface area (Å²) in [5, 5.41) is 10.1. The van der Waals surface area contributed by atoms with Crippen LogP contribution in [0, 0.1) is 0 Å². The van der Waals surface area contributed by atoms with Gasteiger partial charge in [-0.05, 0) is 57.7 Å². The van der Waals surface area contributed by atoms with Crippen LogP contribution in [0.2, 0.25) is 0 Å². The van der Waals surface area contributed by atoms with E-state index < -0.39 is 6.10 Å². The third kappa shape index (κ3) is 5.19. The maximum absolute atomic E-state index is 10.1. The molecule has 1 aromatic rings. The summed E-state index contributed by atoms with van der Waals surface area (Å²) < 4.78 is 5.59. The molecule has 118 valence electrons. The highest BCUT2D eigenvalue weighted by atomic mass is 16.5. The molecule has 2 atom stereocenters. The highest BCUT2D eigenvalue weighted by Crippen LogP contribution is 2.15. The molecule has 0 aromatic heterocycles. The van der Waals surface area contributed by atoms with Crippen LogP contribution in [0.15, 0.2) is 24.3 Å². The molecular weight excluding hydrogens is 266 g/mol. The van der Waals surface area contributed by atoms with Crippen LogP contribution in [0.25, 0.3) is 0 Å². The van der Waals surface area contributed by atoms with E-state index in [0.717, 1.165) is 12.3 Å². The van der Waals surface area contributed by atoms with Crippen LogP contribution in [-0.4, -0.2) is 67.4 Å². The number of hydrogen-bond donors (Lipinski definition) is 2. The Hall–Kier alpha value is -1.30. The van der Waals surface area contributed by atoms with Crippen LogP contribution in [0.5, 0.6) is 5.75 Å². The zero-order chi connectivity index (χ0) is 15.2. The van der Waals surface area contributed by atoms with E-state index in [-0.39, 0.29) is 0 Å². The van der Waals surface area contributed by atoms with Crippen molar-refractivity contribution in [2.75, 3.05) is 46.1 Å². The minimum atomic E-state index is -0.486. The van der Waals surface area contributed by atoms with E-state index in [1.54, 1.807) is 12.1 Å². The Labute approximate surface area is 127 Å². The molecule has 5 heteroatoms. The molecule has 0 saturated carbocycles. The van der Waals surface area contributed by atoms with Crippen molar-refractivity contribution < 1.29 is 9.84 Å². The van der Waals surface area contributed by atoms with Gasteiger partial charge in [-0.15, -0.1) is 0 Å². The van der Waals surface area contributed by atoms with Crippen molar-refractivity contribution in [1.82, 2.24) is 9.80 Å². The molecule has 1 heterocycles. The van der Waals surface area contributed by atoms with Crippen LogP contribution in [-0.2, 0) is 0 Å². The number of anilines is 1. The zero-order valence-corrected chi connectivity index (χ0v) is 13.0. The average molecular weight is 293 g/mol. The Morgan fingerprint density at radius 3 is 2.81 bits per heavy atom. The van der Waals surface area contributed by atoms with Gasteiger partial charge in [0.15, 0.2) is 0 Å². The molecule has 1 fully saturated rings. The van der Waals surface area contributed by atoms with Gasteiger partial charge in [0, 0.05) is 24.8 Å². The smallest absolute Gasteiger partial charge is 0.119 e. The van der Waals surface area contributed by atoms with Gasteiger partial charge < -0.3 is 20.5 Å². The maximum atomic E-state index is 10.1. The quantitative estimate of drug-likeness (QED) is 0.767. The van der Waals surface area contributed by atoms with Crippen LogP contribution < -0.4 is 10.5 Å². The normalized spacial score (nSPS) is 21.4. The molecular formula is C16H27N3O2. The standard InChI is InChI=1S/C16H27N3O2/c1-18-9-3-4-14(10-18)19(2)11-15(20)12-21-16-7-5-13(17)6-8-16/h5-8,14-15,20H,3-4,9-12,17H2,1-2H3. The lowest BCUT2D eigenvalue weighted by atomic mass is 10.0. The van der Waals surface area contributed by atoms with Gasteiger partial charge in [-0.2, -0.15) is 0 Å². The number of nitrogens with zero attached hydrogens (tertiary/aromatic N) is 2. The van der Waals surface area contributed by atoms with E-state index in [0.29, 0.717) is 24.9 Å². The number of benzene rings is 1. The summed E-state index contributed by atoms with van der Waals surface area (Å²) in [5.74, 6) is 0.739. The second-order valence-corrected chi connectivity index (χ2v) is 6.03.